The van der Waals surface area contributed by atoms with Gasteiger partial charge in [0, 0.05) is 18.9 Å². The molecule has 1 spiro atoms. The van der Waals surface area contributed by atoms with E-state index in [2.05, 4.69) is 32.1 Å². The van der Waals surface area contributed by atoms with E-state index in [9.17, 15) is 84.2 Å². The van der Waals surface area contributed by atoms with Gasteiger partial charge in [0.2, 0.25) is 31.2 Å². The molecule has 8 fully saturated rings. The number of fused-ring (bicyclic) bond motifs is 4. The molecule has 31 nitrogen and oxygen atoms in total. The molecular weight excluding hydrogens is 1310 g/mol. The molecule has 5 saturated heterocycles. The Morgan fingerprint density at radius 1 is 0.681 bits per heavy atom. The van der Waals surface area contributed by atoms with Gasteiger partial charge in [0.05, 0.1) is 43.4 Å². The van der Waals surface area contributed by atoms with Crippen LogP contribution < -0.4 is 88.7 Å². The second-order valence-corrected chi connectivity index (χ2v) is 29.4. The van der Waals surface area contributed by atoms with Gasteiger partial charge < -0.3 is 96.8 Å². The third-order valence-corrected chi connectivity index (χ3v) is 21.8. The van der Waals surface area contributed by atoms with Crippen LogP contribution in [0.5, 0.6) is 0 Å². The van der Waals surface area contributed by atoms with Gasteiger partial charge in [-0.05, 0) is 94.8 Å². The smallest absolute Gasteiger partial charge is 0.726 e. The average Bonchev–Trinajstić information content (AvgIpc) is 1.55. The standard InChI is InChI=1S/C54H84O31S3.3Na/c1-23(2)11-10-16-53(8)44-27(55)19-52(7)26-12-13-31-50(4,5)32(15-17-51(31,6)25(26)14-18-54(44,52)49(63)84-53)80-48-43(35(58)30(20-74-48)85-88(70,71)72)83-45-37(60)36(59)40(24(3)77-45)81-47-39(62)42(34(57)29(79-47)22-76-87(67,68)69)82-46-38(61)41(73-9)33(56)28(78-46)21-75-86(64,65)66;;;/h12,24-25,28-48,56-62H,1,10-11,13-22H2,2-9H3,(H,64,65,66)(H,67,68,69)(H,70,71,72);;;/q;3*+1/p-3/t24-,25-,28-,29-,30-,31+,32+,33-,34-,35+,36-,37-,38-,39-,40-,41+,42+,43-,44-,45+,46+,47+,48+,51-,52+,53+,54-;;;/m1.../s1. The van der Waals surface area contributed by atoms with Crippen LogP contribution in [-0.4, -0.2) is 242 Å². The van der Waals surface area contributed by atoms with E-state index >= 15 is 0 Å². The van der Waals surface area contributed by atoms with Crippen LogP contribution in [0.15, 0.2) is 23.8 Å². The fourth-order valence-electron chi connectivity index (χ4n) is 16.3. The Hall–Kier alpha value is 0.590. The molecule has 0 radical (unpaired) electrons. The molecule has 0 aromatic heterocycles. The van der Waals surface area contributed by atoms with Gasteiger partial charge in [-0.3, -0.25) is 22.1 Å². The number of carbonyl (C=O) groups excluding carboxylic acids is 2. The zero-order chi connectivity index (χ0) is 65.0. The van der Waals surface area contributed by atoms with Crippen LogP contribution in [0.4, 0.5) is 0 Å². The van der Waals surface area contributed by atoms with Crippen LogP contribution in [0.2, 0.25) is 0 Å². The molecule has 504 valence electrons. The molecule has 0 aromatic carbocycles. The Morgan fingerprint density at radius 3 is 1.79 bits per heavy atom. The Labute approximate surface area is 595 Å². The number of methoxy groups -OCH3 is 1. The monoisotopic (exact) mass is 1390 g/mol. The number of rotatable bonds is 21. The molecule has 5 aliphatic heterocycles. The van der Waals surface area contributed by atoms with Crippen molar-refractivity contribution in [1.82, 2.24) is 0 Å². The number of Topliss-reactive ketones (excluding diaryl/α,β-unsaturated/α-hetero) is 1. The van der Waals surface area contributed by atoms with E-state index in [0.717, 1.165) is 31.1 Å². The van der Waals surface area contributed by atoms with Gasteiger partial charge in [-0.1, -0.05) is 44.9 Å². The van der Waals surface area contributed by atoms with Crippen molar-refractivity contribution in [2.24, 2.45) is 39.4 Å². The molecule has 91 heavy (non-hydrogen) atoms. The number of hydrogen-bond donors (Lipinski definition) is 7. The summed E-state index contributed by atoms with van der Waals surface area (Å²) in [5, 5.41) is 80.0. The van der Waals surface area contributed by atoms with Gasteiger partial charge in [0.15, 0.2) is 25.2 Å². The Bertz CT molecular complexity index is 2990. The summed E-state index contributed by atoms with van der Waals surface area (Å²) in [7, 11) is -15.4. The molecule has 9 aliphatic rings. The molecule has 9 rings (SSSR count). The molecule has 0 aromatic rings. The van der Waals surface area contributed by atoms with Gasteiger partial charge >= 0.3 is 94.6 Å². The fourth-order valence-corrected chi connectivity index (χ4v) is 17.4. The topological polar surface area (TPSA) is 467 Å². The van der Waals surface area contributed by atoms with E-state index in [0.29, 0.717) is 38.5 Å². The Balaban J connectivity index is 0.00000439. The number of esters is 1. The predicted molar refractivity (Wildman–Crippen MR) is 286 cm³/mol. The summed E-state index contributed by atoms with van der Waals surface area (Å²) in [6.45, 7) is 14.2. The quantitative estimate of drug-likeness (QED) is 0.0184. The third kappa shape index (κ3) is 15.9. The maximum absolute atomic E-state index is 14.4. The number of ketones is 1. The van der Waals surface area contributed by atoms with E-state index in [4.69, 9.17) is 47.4 Å². The van der Waals surface area contributed by atoms with E-state index in [1.807, 2.05) is 34.6 Å². The Kier molecular flexibility index (Phi) is 26.6. The summed E-state index contributed by atoms with van der Waals surface area (Å²) in [6.07, 6.45) is -31.1. The van der Waals surface area contributed by atoms with Gasteiger partial charge in [-0.2, -0.15) is 0 Å². The van der Waals surface area contributed by atoms with Crippen LogP contribution in [0.1, 0.15) is 106 Å². The minimum atomic E-state index is -5.51. The second-order valence-electron chi connectivity index (χ2n) is 26.3. The summed E-state index contributed by atoms with van der Waals surface area (Å²) < 4.78 is 176. The SMILES string of the molecule is C=C(C)CCC[C@]1(C)OC(=O)[C@]23CC[C@@H]4C(=CC[C@H]5C(C)(C)[C@@H](O[C@@H]6OC[C@@H](OS(=O)(=O)[O-])[C@H](O)[C@H]6O[C@@H]6O[C@H](C)[C@@H](O[C@@H]7O[C@H](COS(=O)(=O)[O-])[C@@H](O)[C@H](O[C@@H]8O[C@H](COS(=O)(=O)[O-])[C@@H](O)[C@H](OC)[C@H]8O)[C@H]7O)[C@H](O)[C@H]6O)CC[C@]45C)[C@]2(C)CC(=O)[C@@H]31.[Na+].[Na+].[Na+]. The van der Waals surface area contributed by atoms with Gasteiger partial charge in [-0.25, -0.2) is 25.3 Å². The molecule has 3 saturated carbocycles. The molecular formula is C54H81Na3O31S3. The zero-order valence-corrected chi connectivity index (χ0v) is 61.2. The van der Waals surface area contributed by atoms with E-state index in [1.165, 1.54) is 6.92 Å². The number of cyclic esters (lactones) is 1. The third-order valence-electron chi connectivity index (χ3n) is 20.5. The predicted octanol–water partition coefficient (Wildman–Crippen LogP) is -10.7. The molecule has 4 aliphatic carbocycles. The fraction of sp³-hybridized carbons (Fsp3) is 0.889. The van der Waals surface area contributed by atoms with Crippen LogP contribution in [-0.2, 0) is 101 Å². The molecule has 0 bridgehead atoms. The Morgan fingerprint density at radius 2 is 1.23 bits per heavy atom. The molecule has 27 atom stereocenters. The molecule has 7 N–H and O–H groups in total. The molecule has 5 heterocycles. The first-order chi connectivity index (χ1) is 40.7. The first-order valence-electron chi connectivity index (χ1n) is 29.2. The van der Waals surface area contributed by atoms with Crippen molar-refractivity contribution in [1.29, 1.82) is 0 Å². The minimum Gasteiger partial charge on any atom is -0.726 e. The number of aliphatic hydroxyl groups excluding tert-OH is 7. The van der Waals surface area contributed by atoms with E-state index in [1.54, 1.807) is 0 Å². The maximum Gasteiger partial charge on any atom is 1.00 e. The van der Waals surface area contributed by atoms with Crippen LogP contribution in [0.3, 0.4) is 0 Å². The van der Waals surface area contributed by atoms with Crippen LogP contribution in [0.25, 0.3) is 0 Å². The van der Waals surface area contributed by atoms with Crippen LogP contribution >= 0.6 is 0 Å². The van der Waals surface area contributed by atoms with Crippen molar-refractivity contribution in [3.8, 4) is 0 Å². The average molecular weight is 1390 g/mol. The number of allylic oxidation sites excluding steroid dienone is 3. The summed E-state index contributed by atoms with van der Waals surface area (Å²) in [6, 6.07) is 0. The maximum atomic E-state index is 14.4. The summed E-state index contributed by atoms with van der Waals surface area (Å²) >= 11 is 0. The van der Waals surface area contributed by atoms with Crippen molar-refractivity contribution in [2.45, 2.75) is 235 Å². The first-order valence-corrected chi connectivity index (χ1v) is 33.2. The number of carbonyl (C=O) groups is 2. The van der Waals surface area contributed by atoms with Gasteiger partial charge in [0.1, 0.15) is 96.8 Å². The molecule has 0 unspecified atom stereocenters. The van der Waals surface area contributed by atoms with Crippen LogP contribution in [0, 0.1) is 39.4 Å². The second kappa shape index (κ2) is 30.0. The normalized spacial score (nSPS) is 45.5. The minimum absolute atomic E-state index is 0. The van der Waals surface area contributed by atoms with Crippen molar-refractivity contribution in [3.05, 3.63) is 23.8 Å². The number of aliphatic hydroxyl groups is 7. The number of hydrogen-bond acceptors (Lipinski definition) is 31. The van der Waals surface area contributed by atoms with E-state index in [-0.39, 0.29) is 119 Å². The van der Waals surface area contributed by atoms with Crippen molar-refractivity contribution < 1.29 is 233 Å². The zero-order valence-electron chi connectivity index (χ0n) is 52.7. The van der Waals surface area contributed by atoms with E-state index < -0.39 is 207 Å². The summed E-state index contributed by atoms with van der Waals surface area (Å²) in [5.41, 5.74) is -1.80. The molecule has 37 heteroatoms. The summed E-state index contributed by atoms with van der Waals surface area (Å²) in [4.78, 5) is 28.7. The van der Waals surface area contributed by atoms with Gasteiger partial charge in [0.25, 0.3) is 0 Å². The van der Waals surface area contributed by atoms with Crippen molar-refractivity contribution in [3.63, 3.8) is 0 Å². The van der Waals surface area contributed by atoms with Crippen molar-refractivity contribution in [2.75, 3.05) is 26.9 Å². The summed E-state index contributed by atoms with van der Waals surface area (Å²) in [5.74, 6) is -1.03. The van der Waals surface area contributed by atoms with Crippen molar-refractivity contribution >= 4 is 42.9 Å². The number of ether oxygens (including phenoxy) is 10. The first kappa shape index (κ1) is 80.6. The molecule has 0 amide bonds. The van der Waals surface area contributed by atoms with Gasteiger partial charge in [-0.15, -0.1) is 6.58 Å². The largest absolute Gasteiger partial charge is 1.00 e.